The van der Waals surface area contributed by atoms with Crippen LogP contribution in [0.15, 0.2) is 41.1 Å². The molecule has 1 aromatic carbocycles. The maximum absolute atomic E-state index is 12.7. The first-order valence-corrected chi connectivity index (χ1v) is 10.1. The Bertz CT molecular complexity index is 751. The Balaban J connectivity index is 1.41. The Morgan fingerprint density at radius 1 is 1.04 bits per heavy atom. The fourth-order valence-corrected chi connectivity index (χ4v) is 3.72. The van der Waals surface area contributed by atoms with Gasteiger partial charge >= 0.3 is 0 Å². The van der Waals surface area contributed by atoms with Crippen LogP contribution in [0, 0.1) is 0 Å². The first-order chi connectivity index (χ1) is 13.0. The van der Waals surface area contributed by atoms with E-state index < -0.39 is 0 Å². The largest absolute Gasteiger partial charge is 0.378 e. The molecule has 1 fully saturated rings. The number of thiophene rings is 1. The zero-order valence-electron chi connectivity index (χ0n) is 15.9. The van der Waals surface area contributed by atoms with Crippen molar-refractivity contribution in [2.75, 3.05) is 58.3 Å². The van der Waals surface area contributed by atoms with Gasteiger partial charge in [0.15, 0.2) is 0 Å². The highest BCUT2D eigenvalue weighted by Crippen LogP contribution is 2.15. The maximum Gasteiger partial charge on any atom is 0.253 e. The number of nitrogens with zero attached hydrogens (tertiary/aromatic N) is 3. The van der Waals surface area contributed by atoms with Crippen molar-refractivity contribution in [3.05, 3.63) is 52.2 Å². The molecule has 0 bridgehead atoms. The van der Waals surface area contributed by atoms with Gasteiger partial charge < -0.3 is 15.1 Å². The summed E-state index contributed by atoms with van der Waals surface area (Å²) >= 11 is 1.52. The molecule has 27 heavy (non-hydrogen) atoms. The van der Waals surface area contributed by atoms with E-state index >= 15 is 0 Å². The van der Waals surface area contributed by atoms with E-state index in [1.54, 1.807) is 0 Å². The molecule has 144 valence electrons. The van der Waals surface area contributed by atoms with Gasteiger partial charge in [-0.1, -0.05) is 0 Å². The number of carbonyl (C=O) groups excluding carboxylic acids is 2. The molecule has 2 aromatic rings. The number of piperazine rings is 1. The van der Waals surface area contributed by atoms with Crippen molar-refractivity contribution in [2.45, 2.75) is 0 Å². The molecule has 0 saturated carbocycles. The van der Waals surface area contributed by atoms with Crippen LogP contribution in [0.4, 0.5) is 5.69 Å². The van der Waals surface area contributed by atoms with Crippen LogP contribution < -0.4 is 10.2 Å². The van der Waals surface area contributed by atoms with Gasteiger partial charge in [0, 0.05) is 75.6 Å². The molecule has 0 spiro atoms. The fraction of sp³-hybridized carbons (Fsp3) is 0.400. The van der Waals surface area contributed by atoms with Crippen LogP contribution in [-0.2, 0) is 0 Å². The molecule has 2 heterocycles. The number of hydrogen-bond donors (Lipinski definition) is 1. The lowest BCUT2D eigenvalue weighted by atomic mass is 10.1. The van der Waals surface area contributed by atoms with Crippen molar-refractivity contribution in [1.29, 1.82) is 0 Å². The van der Waals surface area contributed by atoms with Crippen LogP contribution in [0.3, 0.4) is 0 Å². The van der Waals surface area contributed by atoms with Crippen LogP contribution in [0.2, 0.25) is 0 Å². The van der Waals surface area contributed by atoms with Crippen LogP contribution in [0.25, 0.3) is 0 Å². The van der Waals surface area contributed by atoms with Gasteiger partial charge in [-0.15, -0.1) is 0 Å². The topological polar surface area (TPSA) is 55.9 Å². The first kappa shape index (κ1) is 19.4. The van der Waals surface area contributed by atoms with Crippen molar-refractivity contribution in [3.63, 3.8) is 0 Å². The number of nitrogens with one attached hydrogen (secondary N) is 1. The lowest BCUT2D eigenvalue weighted by Gasteiger charge is -2.34. The van der Waals surface area contributed by atoms with E-state index in [2.05, 4.69) is 10.2 Å². The molecule has 7 heteroatoms. The van der Waals surface area contributed by atoms with Crippen LogP contribution in [0.1, 0.15) is 20.7 Å². The smallest absolute Gasteiger partial charge is 0.253 e. The summed E-state index contributed by atoms with van der Waals surface area (Å²) in [6, 6.07) is 9.56. The van der Waals surface area contributed by atoms with E-state index in [0.717, 1.165) is 36.4 Å². The van der Waals surface area contributed by atoms with Gasteiger partial charge in [0.05, 0.1) is 0 Å². The molecule has 3 rings (SSSR count). The average molecular weight is 387 g/mol. The van der Waals surface area contributed by atoms with Crippen LogP contribution in [0.5, 0.6) is 0 Å². The number of benzene rings is 1. The molecule has 0 unspecified atom stereocenters. The third kappa shape index (κ3) is 5.08. The zero-order chi connectivity index (χ0) is 19.2. The molecule has 0 aliphatic carbocycles. The summed E-state index contributed by atoms with van der Waals surface area (Å²) in [5.41, 5.74) is 2.54. The Morgan fingerprint density at radius 2 is 1.74 bits per heavy atom. The average Bonchev–Trinajstić information content (AvgIpc) is 3.23. The molecule has 1 aromatic heterocycles. The van der Waals surface area contributed by atoms with Crippen molar-refractivity contribution >= 4 is 28.8 Å². The highest BCUT2D eigenvalue weighted by Gasteiger charge is 2.22. The molecule has 1 aliphatic rings. The normalized spacial score (nSPS) is 14.8. The predicted molar refractivity (Wildman–Crippen MR) is 110 cm³/mol. The second-order valence-corrected chi connectivity index (χ2v) is 7.62. The second kappa shape index (κ2) is 9.01. The Kier molecular flexibility index (Phi) is 6.47. The number of carbonyl (C=O) groups is 2. The molecular formula is C20H26N4O2S. The van der Waals surface area contributed by atoms with Gasteiger partial charge in [-0.2, -0.15) is 11.3 Å². The van der Waals surface area contributed by atoms with Gasteiger partial charge in [0.2, 0.25) is 0 Å². The van der Waals surface area contributed by atoms with Gasteiger partial charge in [0.25, 0.3) is 11.8 Å². The third-order valence-electron chi connectivity index (χ3n) is 4.79. The molecular weight excluding hydrogens is 360 g/mol. The van der Waals surface area contributed by atoms with E-state index in [9.17, 15) is 9.59 Å². The minimum Gasteiger partial charge on any atom is -0.378 e. The Labute approximate surface area is 164 Å². The summed E-state index contributed by atoms with van der Waals surface area (Å²) < 4.78 is 0. The molecule has 1 aliphatic heterocycles. The molecule has 6 nitrogen and oxygen atoms in total. The van der Waals surface area contributed by atoms with Crippen LogP contribution >= 0.6 is 11.3 Å². The monoisotopic (exact) mass is 386 g/mol. The van der Waals surface area contributed by atoms with Gasteiger partial charge in [-0.25, -0.2) is 0 Å². The Hall–Kier alpha value is -2.38. The van der Waals surface area contributed by atoms with Gasteiger partial charge in [-0.3, -0.25) is 14.5 Å². The molecule has 0 radical (unpaired) electrons. The summed E-state index contributed by atoms with van der Waals surface area (Å²) in [5.74, 6) is 0.0666. The quantitative estimate of drug-likeness (QED) is 0.825. The molecule has 0 atom stereocenters. The molecule has 1 saturated heterocycles. The van der Waals surface area contributed by atoms with E-state index in [4.69, 9.17) is 0 Å². The highest BCUT2D eigenvalue weighted by molar-refractivity contribution is 7.08. The van der Waals surface area contributed by atoms with E-state index in [0.29, 0.717) is 19.6 Å². The minimum absolute atomic E-state index is 0.0220. The lowest BCUT2D eigenvalue weighted by Crippen LogP contribution is -2.50. The first-order valence-electron chi connectivity index (χ1n) is 9.14. The standard InChI is InChI=1S/C20H26N4O2S/c1-22(2)18-5-3-16(4-6-18)20(26)24-12-10-23(11-13-24)9-8-21-19(25)17-7-14-27-15-17/h3-7,14-15H,8-13H2,1-2H3,(H,21,25). The van der Waals surface area contributed by atoms with E-state index in [1.165, 1.54) is 11.3 Å². The SMILES string of the molecule is CN(C)c1ccc(C(=O)N2CCN(CCNC(=O)c3ccsc3)CC2)cc1. The van der Waals surface area contributed by atoms with Gasteiger partial charge in [-0.05, 0) is 35.7 Å². The summed E-state index contributed by atoms with van der Waals surface area (Å²) in [6.45, 7) is 4.51. The number of amides is 2. The molecule has 2 amide bonds. The van der Waals surface area contributed by atoms with E-state index in [1.807, 2.05) is 65.0 Å². The maximum atomic E-state index is 12.7. The Morgan fingerprint density at radius 3 is 2.33 bits per heavy atom. The fourth-order valence-electron chi connectivity index (χ4n) is 3.08. The zero-order valence-corrected chi connectivity index (χ0v) is 16.7. The summed E-state index contributed by atoms with van der Waals surface area (Å²) in [4.78, 5) is 30.8. The van der Waals surface area contributed by atoms with Crippen molar-refractivity contribution in [1.82, 2.24) is 15.1 Å². The predicted octanol–water partition coefficient (Wildman–Crippen LogP) is 2.00. The highest BCUT2D eigenvalue weighted by atomic mass is 32.1. The third-order valence-corrected chi connectivity index (χ3v) is 5.47. The van der Waals surface area contributed by atoms with Gasteiger partial charge in [0.1, 0.15) is 0 Å². The number of hydrogen-bond acceptors (Lipinski definition) is 5. The second-order valence-electron chi connectivity index (χ2n) is 6.84. The number of anilines is 1. The van der Waals surface area contributed by atoms with E-state index in [-0.39, 0.29) is 11.8 Å². The van der Waals surface area contributed by atoms with Crippen LogP contribution in [-0.4, -0.2) is 75.0 Å². The lowest BCUT2D eigenvalue weighted by molar-refractivity contribution is 0.0638. The van der Waals surface area contributed by atoms with Crippen molar-refractivity contribution in [2.24, 2.45) is 0 Å². The van der Waals surface area contributed by atoms with Crippen molar-refractivity contribution in [3.8, 4) is 0 Å². The number of rotatable bonds is 6. The molecule has 1 N–H and O–H groups in total. The minimum atomic E-state index is -0.0220. The van der Waals surface area contributed by atoms with Crippen molar-refractivity contribution < 1.29 is 9.59 Å². The summed E-state index contributed by atoms with van der Waals surface area (Å²) in [7, 11) is 3.97. The summed E-state index contributed by atoms with van der Waals surface area (Å²) in [5, 5.41) is 6.70. The summed E-state index contributed by atoms with van der Waals surface area (Å²) in [6.07, 6.45) is 0.